The quantitative estimate of drug-likeness (QED) is 0.435. The van der Waals surface area contributed by atoms with Gasteiger partial charge in [0.1, 0.15) is 5.78 Å². The molecule has 0 amide bonds. The van der Waals surface area contributed by atoms with Crippen LogP contribution in [-0.2, 0) is 4.79 Å². The average Bonchev–Trinajstić information content (AvgIpc) is 1.82. The van der Waals surface area contributed by atoms with Crippen molar-refractivity contribution in [1.29, 1.82) is 0 Å². The van der Waals surface area contributed by atoms with Crippen molar-refractivity contribution in [3.05, 3.63) is 10.1 Å². The lowest BCUT2D eigenvalue weighted by Crippen LogP contribution is -2.12. The Morgan fingerprint density at radius 3 is 2.40 bits per heavy atom. The molecule has 0 radical (unpaired) electrons. The molecule has 4 heteroatoms. The van der Waals surface area contributed by atoms with E-state index in [0.29, 0.717) is 0 Å². The van der Waals surface area contributed by atoms with Crippen LogP contribution >= 0.6 is 0 Å². The maximum absolute atomic E-state index is 10.7. The molecule has 0 N–H and O–H groups in total. The summed E-state index contributed by atoms with van der Waals surface area (Å²) >= 11 is 0. The maximum atomic E-state index is 10.7. The van der Waals surface area contributed by atoms with Gasteiger partial charge in [-0.1, -0.05) is 13.8 Å². The van der Waals surface area contributed by atoms with Crippen LogP contribution in [0.3, 0.4) is 0 Å². The first-order valence-corrected chi connectivity index (χ1v) is 3.18. The Hall–Kier alpha value is -0.930. The van der Waals surface area contributed by atoms with Crippen LogP contribution in [0, 0.1) is 16.0 Å². The van der Waals surface area contributed by atoms with Gasteiger partial charge in [-0.3, -0.25) is 14.9 Å². The third-order valence-electron chi connectivity index (χ3n) is 1.18. The second kappa shape index (κ2) is 3.98. The highest BCUT2D eigenvalue weighted by Gasteiger charge is 2.09. The van der Waals surface area contributed by atoms with Crippen molar-refractivity contribution in [1.82, 2.24) is 0 Å². The van der Waals surface area contributed by atoms with Crippen LogP contribution in [0.1, 0.15) is 20.3 Å². The molecular formula is C6H11NO3. The zero-order valence-electron chi connectivity index (χ0n) is 6.16. The first-order valence-electron chi connectivity index (χ1n) is 3.18. The van der Waals surface area contributed by atoms with Crippen molar-refractivity contribution in [2.45, 2.75) is 20.3 Å². The van der Waals surface area contributed by atoms with Crippen LogP contribution in [0.4, 0.5) is 0 Å². The van der Waals surface area contributed by atoms with E-state index in [-0.39, 0.29) is 24.7 Å². The predicted octanol–water partition coefficient (Wildman–Crippen LogP) is 0.878. The van der Waals surface area contributed by atoms with Gasteiger partial charge in [-0.15, -0.1) is 0 Å². The second-order valence-corrected chi connectivity index (χ2v) is 2.43. The maximum Gasteiger partial charge on any atom is 0.210 e. The fraction of sp³-hybridized carbons (Fsp3) is 0.833. The summed E-state index contributed by atoms with van der Waals surface area (Å²) in [5.74, 6) is -0.128. The Balaban J connectivity index is 3.50. The SMILES string of the molecule is CC(C)C(=O)CC[N+](=O)[O-]. The molecule has 0 aromatic rings. The summed E-state index contributed by atoms with van der Waals surface area (Å²) in [7, 11) is 0. The summed E-state index contributed by atoms with van der Waals surface area (Å²) in [5.41, 5.74) is 0. The van der Waals surface area contributed by atoms with Gasteiger partial charge in [0, 0.05) is 10.8 Å². The third kappa shape index (κ3) is 4.00. The van der Waals surface area contributed by atoms with Gasteiger partial charge in [-0.2, -0.15) is 0 Å². The van der Waals surface area contributed by atoms with Crippen molar-refractivity contribution < 1.29 is 9.72 Å². The minimum atomic E-state index is -0.472. The predicted molar refractivity (Wildman–Crippen MR) is 36.3 cm³/mol. The molecular weight excluding hydrogens is 134 g/mol. The molecule has 0 saturated carbocycles. The molecule has 0 spiro atoms. The number of carbonyl (C=O) groups is 1. The Morgan fingerprint density at radius 2 is 2.10 bits per heavy atom. The van der Waals surface area contributed by atoms with Crippen LogP contribution in [0.25, 0.3) is 0 Å². The number of hydrogen-bond donors (Lipinski definition) is 0. The van der Waals surface area contributed by atoms with E-state index in [4.69, 9.17) is 0 Å². The first-order chi connectivity index (χ1) is 4.54. The topological polar surface area (TPSA) is 60.2 Å². The molecule has 0 fully saturated rings. The van der Waals surface area contributed by atoms with E-state index in [1.54, 1.807) is 13.8 Å². The van der Waals surface area contributed by atoms with Gasteiger partial charge in [0.2, 0.25) is 6.54 Å². The molecule has 0 aromatic carbocycles. The van der Waals surface area contributed by atoms with Gasteiger partial charge in [-0.05, 0) is 0 Å². The van der Waals surface area contributed by atoms with E-state index in [9.17, 15) is 14.9 Å². The standard InChI is InChI=1S/C6H11NO3/c1-5(2)6(8)3-4-7(9)10/h5H,3-4H2,1-2H3. The fourth-order valence-corrected chi connectivity index (χ4v) is 0.490. The van der Waals surface area contributed by atoms with Crippen LogP contribution < -0.4 is 0 Å². The normalized spacial score (nSPS) is 9.90. The van der Waals surface area contributed by atoms with Crippen LogP contribution in [-0.4, -0.2) is 17.3 Å². The van der Waals surface area contributed by atoms with Crippen molar-refractivity contribution in [3.8, 4) is 0 Å². The zero-order valence-corrected chi connectivity index (χ0v) is 6.16. The molecule has 0 rings (SSSR count). The Morgan fingerprint density at radius 1 is 1.60 bits per heavy atom. The molecule has 0 aliphatic carbocycles. The highest BCUT2D eigenvalue weighted by molar-refractivity contribution is 5.80. The molecule has 0 saturated heterocycles. The summed E-state index contributed by atoms with van der Waals surface area (Å²) in [5, 5.41) is 9.78. The summed E-state index contributed by atoms with van der Waals surface area (Å²) < 4.78 is 0. The highest BCUT2D eigenvalue weighted by Crippen LogP contribution is 1.97. The Bertz CT molecular complexity index is 142. The lowest BCUT2D eigenvalue weighted by molar-refractivity contribution is -0.478. The van der Waals surface area contributed by atoms with E-state index >= 15 is 0 Å². The molecule has 0 aliphatic rings. The van der Waals surface area contributed by atoms with Gasteiger partial charge < -0.3 is 0 Å². The number of rotatable bonds is 4. The number of hydrogen-bond acceptors (Lipinski definition) is 3. The van der Waals surface area contributed by atoms with Gasteiger partial charge in [0.15, 0.2) is 0 Å². The minimum Gasteiger partial charge on any atom is -0.299 e. The number of nitrogens with zero attached hydrogens (tertiary/aromatic N) is 1. The average molecular weight is 145 g/mol. The van der Waals surface area contributed by atoms with E-state index in [0.717, 1.165) is 0 Å². The molecule has 0 atom stereocenters. The lowest BCUT2D eigenvalue weighted by Gasteiger charge is -1.98. The van der Waals surface area contributed by atoms with Crippen molar-refractivity contribution >= 4 is 5.78 Å². The van der Waals surface area contributed by atoms with Crippen LogP contribution in [0.15, 0.2) is 0 Å². The molecule has 10 heavy (non-hydrogen) atoms. The van der Waals surface area contributed by atoms with Crippen molar-refractivity contribution in [3.63, 3.8) is 0 Å². The Labute approximate surface area is 59.4 Å². The molecule has 58 valence electrons. The van der Waals surface area contributed by atoms with E-state index < -0.39 is 4.92 Å². The van der Waals surface area contributed by atoms with Crippen LogP contribution in [0.2, 0.25) is 0 Å². The summed E-state index contributed by atoms with van der Waals surface area (Å²) in [6.45, 7) is 3.24. The molecule has 0 bridgehead atoms. The molecule has 0 aromatic heterocycles. The van der Waals surface area contributed by atoms with Gasteiger partial charge in [0.05, 0.1) is 6.42 Å². The largest absolute Gasteiger partial charge is 0.299 e. The zero-order chi connectivity index (χ0) is 8.15. The van der Waals surface area contributed by atoms with Gasteiger partial charge in [0.25, 0.3) is 0 Å². The third-order valence-corrected chi connectivity index (χ3v) is 1.18. The fourth-order valence-electron chi connectivity index (χ4n) is 0.490. The number of ketones is 1. The van der Waals surface area contributed by atoms with Crippen molar-refractivity contribution in [2.75, 3.05) is 6.54 Å². The highest BCUT2D eigenvalue weighted by atomic mass is 16.6. The van der Waals surface area contributed by atoms with E-state index in [1.165, 1.54) is 0 Å². The second-order valence-electron chi connectivity index (χ2n) is 2.43. The van der Waals surface area contributed by atoms with Gasteiger partial charge >= 0.3 is 0 Å². The van der Waals surface area contributed by atoms with Gasteiger partial charge in [-0.25, -0.2) is 0 Å². The van der Waals surface area contributed by atoms with Crippen LogP contribution in [0.5, 0.6) is 0 Å². The summed E-state index contributed by atoms with van der Waals surface area (Å²) in [6.07, 6.45) is 0.0602. The summed E-state index contributed by atoms with van der Waals surface area (Å²) in [6, 6.07) is 0. The molecule has 4 nitrogen and oxygen atoms in total. The number of carbonyl (C=O) groups excluding carboxylic acids is 1. The monoisotopic (exact) mass is 145 g/mol. The first kappa shape index (κ1) is 9.07. The molecule has 0 aliphatic heterocycles. The lowest BCUT2D eigenvalue weighted by atomic mass is 10.1. The molecule has 0 unspecified atom stereocenters. The van der Waals surface area contributed by atoms with E-state index in [1.807, 2.05) is 0 Å². The Kier molecular flexibility index (Phi) is 3.61. The minimum absolute atomic E-state index is 0.0447. The number of Topliss-reactive ketones (excluding diaryl/α,β-unsaturated/α-hetero) is 1. The van der Waals surface area contributed by atoms with Crippen molar-refractivity contribution in [2.24, 2.45) is 5.92 Å². The van der Waals surface area contributed by atoms with E-state index in [2.05, 4.69) is 0 Å². The molecule has 0 heterocycles. The number of nitro groups is 1. The smallest absolute Gasteiger partial charge is 0.210 e. The summed E-state index contributed by atoms with van der Waals surface area (Å²) in [4.78, 5) is 20.1.